The van der Waals surface area contributed by atoms with Gasteiger partial charge in [0.15, 0.2) is 0 Å². The van der Waals surface area contributed by atoms with Gasteiger partial charge >= 0.3 is 0 Å². The average molecular weight is 238 g/mol. The van der Waals surface area contributed by atoms with E-state index >= 15 is 0 Å². The standard InChI is InChI=1S/C12H16ClN3/c1-7(2)4-12-15-10-6-9(14)8(13)5-11(10)16(12)3/h5-7H,4,14H2,1-3H3. The number of rotatable bonds is 2. The van der Waals surface area contributed by atoms with Gasteiger partial charge < -0.3 is 10.3 Å². The van der Waals surface area contributed by atoms with E-state index in [-0.39, 0.29) is 0 Å². The maximum atomic E-state index is 6.01. The van der Waals surface area contributed by atoms with Crippen LogP contribution in [-0.2, 0) is 13.5 Å². The Morgan fingerprint density at radius 2 is 2.12 bits per heavy atom. The van der Waals surface area contributed by atoms with Gasteiger partial charge in [0.05, 0.1) is 21.7 Å². The van der Waals surface area contributed by atoms with Gasteiger partial charge in [-0.05, 0) is 18.1 Å². The Morgan fingerprint density at radius 1 is 1.44 bits per heavy atom. The summed E-state index contributed by atoms with van der Waals surface area (Å²) < 4.78 is 2.08. The second-order valence-electron chi connectivity index (χ2n) is 4.55. The van der Waals surface area contributed by atoms with Gasteiger partial charge in [0, 0.05) is 13.5 Å². The van der Waals surface area contributed by atoms with Crippen LogP contribution < -0.4 is 5.73 Å². The van der Waals surface area contributed by atoms with Crippen LogP contribution in [0.5, 0.6) is 0 Å². The predicted molar refractivity (Wildman–Crippen MR) is 68.7 cm³/mol. The molecule has 0 saturated heterocycles. The lowest BCUT2D eigenvalue weighted by Crippen LogP contribution is -2.02. The molecule has 1 aromatic heterocycles. The third-order valence-corrected chi connectivity index (χ3v) is 3.01. The van der Waals surface area contributed by atoms with Gasteiger partial charge in [0.2, 0.25) is 0 Å². The molecule has 0 aliphatic rings. The van der Waals surface area contributed by atoms with Crippen molar-refractivity contribution in [1.82, 2.24) is 9.55 Å². The topological polar surface area (TPSA) is 43.8 Å². The van der Waals surface area contributed by atoms with Gasteiger partial charge in [-0.25, -0.2) is 4.98 Å². The van der Waals surface area contributed by atoms with Gasteiger partial charge in [-0.15, -0.1) is 0 Å². The Kier molecular flexibility index (Phi) is 2.80. The molecule has 2 rings (SSSR count). The SMILES string of the molecule is CC(C)Cc1nc2cc(N)c(Cl)cc2n1C. The van der Waals surface area contributed by atoms with Crippen LogP contribution in [0.4, 0.5) is 5.69 Å². The van der Waals surface area contributed by atoms with E-state index in [1.807, 2.05) is 19.2 Å². The quantitative estimate of drug-likeness (QED) is 0.816. The zero-order chi connectivity index (χ0) is 11.9. The molecule has 0 aliphatic carbocycles. The molecular weight excluding hydrogens is 222 g/mol. The molecule has 0 radical (unpaired) electrons. The monoisotopic (exact) mass is 237 g/mol. The number of hydrogen-bond donors (Lipinski definition) is 1. The van der Waals surface area contributed by atoms with E-state index in [2.05, 4.69) is 23.4 Å². The molecule has 1 heterocycles. The highest BCUT2D eigenvalue weighted by atomic mass is 35.5. The number of halogens is 1. The molecule has 0 fully saturated rings. The maximum absolute atomic E-state index is 6.01. The summed E-state index contributed by atoms with van der Waals surface area (Å²) in [6, 6.07) is 3.71. The van der Waals surface area contributed by atoms with Crippen molar-refractivity contribution in [2.45, 2.75) is 20.3 Å². The van der Waals surface area contributed by atoms with Crippen molar-refractivity contribution in [1.29, 1.82) is 0 Å². The molecule has 0 saturated carbocycles. The van der Waals surface area contributed by atoms with E-state index in [1.54, 1.807) is 0 Å². The van der Waals surface area contributed by atoms with Crippen molar-refractivity contribution in [3.8, 4) is 0 Å². The van der Waals surface area contributed by atoms with Gasteiger partial charge in [0.1, 0.15) is 5.82 Å². The Balaban J connectivity index is 2.59. The number of aromatic nitrogens is 2. The third kappa shape index (κ3) is 1.87. The van der Waals surface area contributed by atoms with Crippen molar-refractivity contribution in [2.24, 2.45) is 13.0 Å². The molecule has 0 spiro atoms. The predicted octanol–water partition coefficient (Wildman–Crippen LogP) is 3.01. The average Bonchev–Trinajstić information content (AvgIpc) is 2.45. The van der Waals surface area contributed by atoms with E-state index in [4.69, 9.17) is 17.3 Å². The number of fused-ring (bicyclic) bond motifs is 1. The molecule has 0 amide bonds. The van der Waals surface area contributed by atoms with Gasteiger partial charge in [-0.3, -0.25) is 0 Å². The number of nitrogens with zero attached hydrogens (tertiary/aromatic N) is 2. The van der Waals surface area contributed by atoms with Crippen molar-refractivity contribution in [3.63, 3.8) is 0 Å². The fourth-order valence-corrected chi connectivity index (χ4v) is 1.98. The first-order valence-electron chi connectivity index (χ1n) is 5.39. The van der Waals surface area contributed by atoms with Crippen LogP contribution in [0, 0.1) is 5.92 Å². The zero-order valence-corrected chi connectivity index (χ0v) is 10.5. The lowest BCUT2D eigenvalue weighted by molar-refractivity contribution is 0.606. The molecule has 1 aromatic carbocycles. The normalized spacial score (nSPS) is 11.6. The van der Waals surface area contributed by atoms with Crippen LogP contribution in [0.25, 0.3) is 11.0 Å². The summed E-state index contributed by atoms with van der Waals surface area (Å²) in [5, 5.41) is 0.589. The summed E-state index contributed by atoms with van der Waals surface area (Å²) in [5.74, 6) is 1.66. The fourth-order valence-electron chi connectivity index (χ4n) is 1.83. The molecule has 2 aromatic rings. The van der Waals surface area contributed by atoms with Gasteiger partial charge in [-0.2, -0.15) is 0 Å². The van der Waals surface area contributed by atoms with Crippen LogP contribution in [0.3, 0.4) is 0 Å². The van der Waals surface area contributed by atoms with Crippen molar-refractivity contribution in [3.05, 3.63) is 23.0 Å². The van der Waals surface area contributed by atoms with Crippen molar-refractivity contribution >= 4 is 28.3 Å². The van der Waals surface area contributed by atoms with E-state index in [1.165, 1.54) is 0 Å². The summed E-state index contributed by atoms with van der Waals surface area (Å²) in [5.41, 5.74) is 8.31. The third-order valence-electron chi connectivity index (χ3n) is 2.68. The highest BCUT2D eigenvalue weighted by molar-refractivity contribution is 6.33. The van der Waals surface area contributed by atoms with E-state index in [9.17, 15) is 0 Å². The second-order valence-corrected chi connectivity index (χ2v) is 4.95. The largest absolute Gasteiger partial charge is 0.397 e. The van der Waals surface area contributed by atoms with Crippen molar-refractivity contribution < 1.29 is 0 Å². The van der Waals surface area contributed by atoms with Crippen LogP contribution in [0.2, 0.25) is 5.02 Å². The summed E-state index contributed by atoms with van der Waals surface area (Å²) in [6.45, 7) is 4.36. The molecule has 3 nitrogen and oxygen atoms in total. The van der Waals surface area contributed by atoms with E-state index in [0.717, 1.165) is 23.3 Å². The van der Waals surface area contributed by atoms with Gasteiger partial charge in [-0.1, -0.05) is 25.4 Å². The van der Waals surface area contributed by atoms with Crippen LogP contribution in [0.15, 0.2) is 12.1 Å². The molecule has 0 atom stereocenters. The van der Waals surface area contributed by atoms with E-state index < -0.39 is 0 Å². The van der Waals surface area contributed by atoms with Crippen LogP contribution >= 0.6 is 11.6 Å². The Bertz CT molecular complexity index is 529. The number of hydrogen-bond acceptors (Lipinski definition) is 2. The minimum Gasteiger partial charge on any atom is -0.397 e. The molecule has 0 unspecified atom stereocenters. The number of nitrogen functional groups attached to an aromatic ring is 1. The second kappa shape index (κ2) is 3.98. The van der Waals surface area contributed by atoms with Crippen molar-refractivity contribution in [2.75, 3.05) is 5.73 Å². The molecule has 0 bridgehead atoms. The lowest BCUT2D eigenvalue weighted by atomic mass is 10.1. The number of imidazole rings is 1. The maximum Gasteiger partial charge on any atom is 0.109 e. The number of aryl methyl sites for hydroxylation is 1. The van der Waals surface area contributed by atoms with Gasteiger partial charge in [0.25, 0.3) is 0 Å². The molecule has 86 valence electrons. The summed E-state index contributed by atoms with van der Waals surface area (Å²) in [7, 11) is 2.01. The van der Waals surface area contributed by atoms with E-state index in [0.29, 0.717) is 16.6 Å². The summed E-state index contributed by atoms with van der Waals surface area (Å²) in [6.07, 6.45) is 0.961. The minimum absolute atomic E-state index is 0.586. The first-order valence-corrected chi connectivity index (χ1v) is 5.77. The lowest BCUT2D eigenvalue weighted by Gasteiger charge is -2.04. The molecular formula is C12H16ClN3. The fraction of sp³-hybridized carbons (Fsp3) is 0.417. The first kappa shape index (κ1) is 11.3. The molecule has 2 N–H and O–H groups in total. The number of nitrogens with two attached hydrogens (primary N) is 1. The highest BCUT2D eigenvalue weighted by Crippen LogP contribution is 2.26. The summed E-state index contributed by atoms with van der Waals surface area (Å²) >= 11 is 6.01. The first-order chi connectivity index (χ1) is 7.49. The Hall–Kier alpha value is -1.22. The molecule has 16 heavy (non-hydrogen) atoms. The molecule has 4 heteroatoms. The number of anilines is 1. The molecule has 0 aliphatic heterocycles. The zero-order valence-electron chi connectivity index (χ0n) is 9.79. The Morgan fingerprint density at radius 3 is 2.75 bits per heavy atom. The highest BCUT2D eigenvalue weighted by Gasteiger charge is 2.10. The minimum atomic E-state index is 0.586. The Labute approximate surface area is 100 Å². The van der Waals surface area contributed by atoms with Crippen LogP contribution in [0.1, 0.15) is 19.7 Å². The summed E-state index contributed by atoms with van der Waals surface area (Å²) in [4.78, 5) is 4.58. The smallest absolute Gasteiger partial charge is 0.109 e. The van der Waals surface area contributed by atoms with Crippen LogP contribution in [-0.4, -0.2) is 9.55 Å². The number of benzene rings is 1.